The molecule has 0 aliphatic heterocycles. The third-order valence-electron chi connectivity index (χ3n) is 2.46. The maximum atomic E-state index is 11.8. The molecule has 6 heteroatoms. The summed E-state index contributed by atoms with van der Waals surface area (Å²) in [6.45, 7) is 7.70. The van der Waals surface area contributed by atoms with Crippen molar-refractivity contribution in [1.29, 1.82) is 0 Å². The molecule has 19 heavy (non-hydrogen) atoms. The lowest BCUT2D eigenvalue weighted by Crippen LogP contribution is -2.43. The van der Waals surface area contributed by atoms with Crippen LogP contribution in [0.3, 0.4) is 0 Å². The Morgan fingerprint density at radius 1 is 1.37 bits per heavy atom. The Labute approximate surface area is 121 Å². The Kier molecular flexibility index (Phi) is 3.69. The van der Waals surface area contributed by atoms with Gasteiger partial charge in [-0.15, -0.1) is 0 Å². The van der Waals surface area contributed by atoms with Crippen LogP contribution >= 0.6 is 22.9 Å². The minimum absolute atomic E-state index is 0.254. The van der Waals surface area contributed by atoms with Crippen molar-refractivity contribution in [2.24, 2.45) is 0 Å². The number of aryl methyl sites for hydroxylation is 1. The maximum absolute atomic E-state index is 11.8. The Balaban J connectivity index is 2.23. The van der Waals surface area contributed by atoms with Gasteiger partial charge >= 0.3 is 6.03 Å². The Bertz CT molecular complexity index is 631. The van der Waals surface area contributed by atoms with Crippen LogP contribution in [0.15, 0.2) is 12.1 Å². The molecule has 0 aliphatic rings. The van der Waals surface area contributed by atoms with Gasteiger partial charge in [-0.2, -0.15) is 0 Å². The number of carbonyl (C=O) groups is 1. The summed E-state index contributed by atoms with van der Waals surface area (Å²) in [7, 11) is 0. The smallest absolute Gasteiger partial charge is 0.321 e. The van der Waals surface area contributed by atoms with Gasteiger partial charge in [-0.25, -0.2) is 9.78 Å². The molecule has 0 fully saturated rings. The van der Waals surface area contributed by atoms with Crippen LogP contribution in [0, 0.1) is 6.92 Å². The molecule has 102 valence electrons. The van der Waals surface area contributed by atoms with Crippen molar-refractivity contribution in [3.05, 3.63) is 22.7 Å². The number of hydrogen-bond donors (Lipinski definition) is 2. The summed E-state index contributed by atoms with van der Waals surface area (Å²) in [6.07, 6.45) is 0. The number of fused-ring (bicyclic) bond motifs is 1. The van der Waals surface area contributed by atoms with Gasteiger partial charge in [-0.05, 0) is 45.4 Å². The van der Waals surface area contributed by atoms with E-state index < -0.39 is 0 Å². The van der Waals surface area contributed by atoms with Crippen molar-refractivity contribution < 1.29 is 4.79 Å². The van der Waals surface area contributed by atoms with E-state index in [1.165, 1.54) is 11.3 Å². The molecule has 1 aromatic heterocycles. The summed E-state index contributed by atoms with van der Waals surface area (Å²) in [6, 6.07) is 3.50. The van der Waals surface area contributed by atoms with Gasteiger partial charge in [0.25, 0.3) is 0 Å². The zero-order valence-corrected chi connectivity index (χ0v) is 12.9. The van der Waals surface area contributed by atoms with Gasteiger partial charge in [0.2, 0.25) is 0 Å². The molecule has 0 saturated heterocycles. The van der Waals surface area contributed by atoms with Gasteiger partial charge in [0, 0.05) is 10.6 Å². The standard InChI is InChI=1S/C13H16ClN3OS/c1-7-8(14)5-6-9-10(7)15-12(19-9)16-11(18)17-13(2,3)4/h5-6H,1-4H3,(H2,15,16,17,18). The molecule has 0 radical (unpaired) electrons. The minimum Gasteiger partial charge on any atom is -0.333 e. The van der Waals surface area contributed by atoms with Crippen molar-refractivity contribution >= 4 is 44.3 Å². The molecule has 4 nitrogen and oxygen atoms in total. The van der Waals surface area contributed by atoms with Crippen molar-refractivity contribution in [2.45, 2.75) is 33.2 Å². The lowest BCUT2D eigenvalue weighted by molar-refractivity contribution is 0.244. The molecule has 2 amide bonds. The van der Waals surface area contributed by atoms with Gasteiger partial charge in [0.15, 0.2) is 5.13 Å². The third-order valence-corrected chi connectivity index (χ3v) is 3.80. The van der Waals surface area contributed by atoms with Crippen LogP contribution in [0.1, 0.15) is 26.3 Å². The molecule has 0 saturated carbocycles. The highest BCUT2D eigenvalue weighted by Gasteiger charge is 2.15. The number of carbonyl (C=O) groups excluding carboxylic acids is 1. The van der Waals surface area contributed by atoms with Crippen molar-refractivity contribution in [2.75, 3.05) is 5.32 Å². The molecule has 0 aliphatic carbocycles. The fourth-order valence-corrected chi connectivity index (χ4v) is 2.70. The van der Waals surface area contributed by atoms with Crippen molar-refractivity contribution in [3.63, 3.8) is 0 Å². The lowest BCUT2D eigenvalue weighted by Gasteiger charge is -2.19. The molecule has 1 heterocycles. The number of amides is 2. The van der Waals surface area contributed by atoms with Crippen LogP contribution in [0.5, 0.6) is 0 Å². The highest BCUT2D eigenvalue weighted by Crippen LogP contribution is 2.31. The summed E-state index contributed by atoms with van der Waals surface area (Å²) in [5.41, 5.74) is 1.49. The van der Waals surface area contributed by atoms with Gasteiger partial charge < -0.3 is 5.32 Å². The Hall–Kier alpha value is -1.33. The number of aromatic nitrogens is 1. The maximum Gasteiger partial charge on any atom is 0.321 e. The van der Waals surface area contributed by atoms with E-state index in [1.54, 1.807) is 0 Å². The van der Waals surface area contributed by atoms with Crippen LogP contribution in [-0.4, -0.2) is 16.6 Å². The van der Waals surface area contributed by atoms with Crippen LogP contribution in [-0.2, 0) is 0 Å². The van der Waals surface area contributed by atoms with Gasteiger partial charge in [-0.1, -0.05) is 22.9 Å². The van der Waals surface area contributed by atoms with E-state index in [9.17, 15) is 4.79 Å². The highest BCUT2D eigenvalue weighted by atomic mass is 35.5. The number of urea groups is 1. The van der Waals surface area contributed by atoms with E-state index in [0.717, 1.165) is 15.8 Å². The summed E-state index contributed by atoms with van der Waals surface area (Å²) >= 11 is 7.49. The fourth-order valence-electron chi connectivity index (χ4n) is 1.62. The molecule has 2 aromatic rings. The second-order valence-corrected chi connectivity index (χ2v) is 6.81. The molecule has 0 atom stereocenters. The fraction of sp³-hybridized carbons (Fsp3) is 0.385. The van der Waals surface area contributed by atoms with E-state index in [4.69, 9.17) is 11.6 Å². The number of thiazole rings is 1. The summed E-state index contributed by atoms with van der Waals surface area (Å²) < 4.78 is 1.01. The van der Waals surface area contributed by atoms with Gasteiger partial charge in [0.05, 0.1) is 10.2 Å². The van der Waals surface area contributed by atoms with E-state index >= 15 is 0 Å². The number of nitrogens with one attached hydrogen (secondary N) is 2. The molecular weight excluding hydrogens is 282 g/mol. The highest BCUT2D eigenvalue weighted by molar-refractivity contribution is 7.22. The number of hydrogen-bond acceptors (Lipinski definition) is 3. The zero-order chi connectivity index (χ0) is 14.2. The molecule has 0 spiro atoms. The summed E-state index contributed by atoms with van der Waals surface area (Å²) in [4.78, 5) is 16.2. The van der Waals surface area contributed by atoms with Crippen molar-refractivity contribution in [3.8, 4) is 0 Å². The second kappa shape index (κ2) is 4.98. The van der Waals surface area contributed by atoms with Crippen molar-refractivity contribution in [1.82, 2.24) is 10.3 Å². The molecule has 2 N–H and O–H groups in total. The molecule has 1 aromatic carbocycles. The SMILES string of the molecule is Cc1c(Cl)ccc2sc(NC(=O)NC(C)(C)C)nc12. The molecule has 0 unspecified atom stereocenters. The first-order valence-corrected chi connectivity index (χ1v) is 7.10. The second-order valence-electron chi connectivity index (χ2n) is 5.37. The van der Waals surface area contributed by atoms with Crippen LogP contribution in [0.25, 0.3) is 10.2 Å². The summed E-state index contributed by atoms with van der Waals surface area (Å²) in [5.74, 6) is 0. The molecule has 0 bridgehead atoms. The first kappa shape index (κ1) is 14.1. The van der Waals surface area contributed by atoms with Gasteiger partial charge in [-0.3, -0.25) is 5.32 Å². The zero-order valence-electron chi connectivity index (χ0n) is 11.3. The van der Waals surface area contributed by atoms with Gasteiger partial charge in [0.1, 0.15) is 0 Å². The quantitative estimate of drug-likeness (QED) is 0.829. The number of benzene rings is 1. The molecule has 2 rings (SSSR count). The first-order chi connectivity index (χ1) is 8.76. The van der Waals surface area contributed by atoms with E-state index in [-0.39, 0.29) is 11.6 Å². The van der Waals surface area contributed by atoms with Crippen LogP contribution in [0.2, 0.25) is 5.02 Å². The largest absolute Gasteiger partial charge is 0.333 e. The monoisotopic (exact) mass is 297 g/mol. The number of halogens is 1. The predicted molar refractivity (Wildman–Crippen MR) is 81.3 cm³/mol. The topological polar surface area (TPSA) is 54.0 Å². The normalized spacial score (nSPS) is 11.6. The minimum atomic E-state index is -0.278. The number of anilines is 1. The van der Waals surface area contributed by atoms with E-state index in [0.29, 0.717) is 10.2 Å². The average molecular weight is 298 g/mol. The molecular formula is C13H16ClN3OS. The third kappa shape index (κ3) is 3.36. The average Bonchev–Trinajstić information content (AvgIpc) is 2.64. The first-order valence-electron chi connectivity index (χ1n) is 5.91. The van der Waals surface area contributed by atoms with E-state index in [1.807, 2.05) is 39.8 Å². The summed E-state index contributed by atoms with van der Waals surface area (Å²) in [5, 5.41) is 6.83. The Morgan fingerprint density at radius 2 is 2.05 bits per heavy atom. The van der Waals surface area contributed by atoms with Crippen LogP contribution < -0.4 is 10.6 Å². The number of rotatable bonds is 1. The predicted octanol–water partition coefficient (Wildman–Crippen LogP) is 4.18. The van der Waals surface area contributed by atoms with E-state index in [2.05, 4.69) is 15.6 Å². The number of nitrogens with zero attached hydrogens (tertiary/aromatic N) is 1. The van der Waals surface area contributed by atoms with Crippen LogP contribution in [0.4, 0.5) is 9.93 Å². The lowest BCUT2D eigenvalue weighted by atomic mass is 10.1. The Morgan fingerprint density at radius 3 is 2.68 bits per heavy atom.